The minimum absolute atomic E-state index is 0.327. The van der Waals surface area contributed by atoms with Crippen molar-refractivity contribution in [3.63, 3.8) is 0 Å². The van der Waals surface area contributed by atoms with Crippen molar-refractivity contribution in [2.45, 2.75) is 53.1 Å². The number of aryl methyl sites for hydroxylation is 2. The number of hydrogen-bond donors (Lipinski definition) is 0. The van der Waals surface area contributed by atoms with E-state index in [9.17, 15) is 4.79 Å². The molecule has 1 amide bonds. The van der Waals surface area contributed by atoms with Crippen molar-refractivity contribution >= 4 is 6.09 Å². The molecular weight excluding hydrogens is 278 g/mol. The predicted octanol–water partition coefficient (Wildman–Crippen LogP) is 4.06. The average Bonchev–Trinajstić information content (AvgIpc) is 2.45. The molecule has 0 aliphatic carbocycles. The molecular formula is C18H29NO3. The van der Waals surface area contributed by atoms with Crippen molar-refractivity contribution in [1.29, 1.82) is 0 Å². The third-order valence-corrected chi connectivity index (χ3v) is 3.34. The van der Waals surface area contributed by atoms with E-state index in [1.807, 2.05) is 26.8 Å². The zero-order chi connectivity index (χ0) is 16.8. The Morgan fingerprint density at radius 1 is 1.14 bits per heavy atom. The van der Waals surface area contributed by atoms with E-state index in [1.54, 1.807) is 7.05 Å². The van der Waals surface area contributed by atoms with Crippen LogP contribution < -0.4 is 4.74 Å². The monoisotopic (exact) mass is 307 g/mol. The SMILES string of the molecule is CCc1ccc(OCCN(C)C(=O)OC(C)(C)C)cc1CC. The van der Waals surface area contributed by atoms with Crippen LogP contribution in [0.1, 0.15) is 45.7 Å². The molecule has 22 heavy (non-hydrogen) atoms. The van der Waals surface area contributed by atoms with Gasteiger partial charge in [-0.2, -0.15) is 0 Å². The van der Waals surface area contributed by atoms with E-state index in [2.05, 4.69) is 26.0 Å². The Bertz CT molecular complexity index is 492. The smallest absolute Gasteiger partial charge is 0.410 e. The fraction of sp³-hybridized carbons (Fsp3) is 0.611. The van der Waals surface area contributed by atoms with Gasteiger partial charge in [0.2, 0.25) is 0 Å². The molecule has 0 atom stereocenters. The first-order valence-corrected chi connectivity index (χ1v) is 7.95. The Hall–Kier alpha value is -1.71. The van der Waals surface area contributed by atoms with Crippen LogP contribution in [-0.2, 0) is 17.6 Å². The lowest BCUT2D eigenvalue weighted by molar-refractivity contribution is 0.0278. The fourth-order valence-electron chi connectivity index (χ4n) is 2.10. The minimum Gasteiger partial charge on any atom is -0.492 e. The van der Waals surface area contributed by atoms with Gasteiger partial charge in [0.1, 0.15) is 18.0 Å². The van der Waals surface area contributed by atoms with Gasteiger partial charge < -0.3 is 14.4 Å². The van der Waals surface area contributed by atoms with Gasteiger partial charge in [0.25, 0.3) is 0 Å². The lowest BCUT2D eigenvalue weighted by Gasteiger charge is -2.24. The molecule has 0 heterocycles. The van der Waals surface area contributed by atoms with Gasteiger partial charge in [-0.3, -0.25) is 0 Å². The molecule has 0 unspecified atom stereocenters. The molecule has 0 fully saturated rings. The topological polar surface area (TPSA) is 38.8 Å². The van der Waals surface area contributed by atoms with Crippen LogP contribution in [0, 0.1) is 0 Å². The number of hydrogen-bond acceptors (Lipinski definition) is 3. The van der Waals surface area contributed by atoms with Gasteiger partial charge in [-0.15, -0.1) is 0 Å². The standard InChI is InChI=1S/C18H29NO3/c1-7-14-9-10-16(13-15(14)8-2)21-12-11-19(6)17(20)22-18(3,4)5/h9-10,13H,7-8,11-12H2,1-6H3. The quantitative estimate of drug-likeness (QED) is 0.795. The van der Waals surface area contributed by atoms with Crippen LogP contribution in [0.2, 0.25) is 0 Å². The zero-order valence-corrected chi connectivity index (χ0v) is 14.7. The molecule has 1 rings (SSSR count). The summed E-state index contributed by atoms with van der Waals surface area (Å²) in [4.78, 5) is 13.4. The highest BCUT2D eigenvalue weighted by Crippen LogP contribution is 2.19. The number of nitrogens with zero attached hydrogens (tertiary/aromatic N) is 1. The van der Waals surface area contributed by atoms with E-state index in [4.69, 9.17) is 9.47 Å². The van der Waals surface area contributed by atoms with Crippen LogP contribution in [-0.4, -0.2) is 36.8 Å². The number of benzene rings is 1. The molecule has 0 aromatic heterocycles. The fourth-order valence-corrected chi connectivity index (χ4v) is 2.10. The Labute approximate surface area is 134 Å². The molecule has 0 N–H and O–H groups in total. The number of carbonyl (C=O) groups is 1. The van der Waals surface area contributed by atoms with Crippen molar-refractivity contribution in [1.82, 2.24) is 4.90 Å². The summed E-state index contributed by atoms with van der Waals surface area (Å²) in [6, 6.07) is 6.20. The van der Waals surface area contributed by atoms with E-state index in [0.29, 0.717) is 13.2 Å². The van der Waals surface area contributed by atoms with Gasteiger partial charge in [0, 0.05) is 7.05 Å². The third-order valence-electron chi connectivity index (χ3n) is 3.34. The van der Waals surface area contributed by atoms with Crippen molar-refractivity contribution in [3.05, 3.63) is 29.3 Å². The van der Waals surface area contributed by atoms with Crippen LogP contribution in [0.3, 0.4) is 0 Å². The first-order valence-electron chi connectivity index (χ1n) is 7.95. The van der Waals surface area contributed by atoms with E-state index in [1.165, 1.54) is 16.0 Å². The Morgan fingerprint density at radius 3 is 2.32 bits per heavy atom. The van der Waals surface area contributed by atoms with Gasteiger partial charge in [-0.1, -0.05) is 19.9 Å². The second-order valence-electron chi connectivity index (χ2n) is 6.39. The average molecular weight is 307 g/mol. The predicted molar refractivity (Wildman–Crippen MR) is 89.6 cm³/mol. The minimum atomic E-state index is -0.474. The van der Waals surface area contributed by atoms with Gasteiger partial charge in [0.15, 0.2) is 0 Å². The molecule has 0 aliphatic heterocycles. The summed E-state index contributed by atoms with van der Waals surface area (Å²) in [5, 5.41) is 0. The lowest BCUT2D eigenvalue weighted by Crippen LogP contribution is -2.36. The number of likely N-dealkylation sites (N-methyl/N-ethyl adjacent to an activating group) is 1. The summed E-state index contributed by atoms with van der Waals surface area (Å²) in [5.74, 6) is 0.853. The second-order valence-corrected chi connectivity index (χ2v) is 6.39. The van der Waals surface area contributed by atoms with Gasteiger partial charge in [-0.25, -0.2) is 4.79 Å². The largest absolute Gasteiger partial charge is 0.492 e. The number of amides is 1. The highest BCUT2D eigenvalue weighted by atomic mass is 16.6. The molecule has 0 spiro atoms. The maximum atomic E-state index is 11.8. The van der Waals surface area contributed by atoms with E-state index in [-0.39, 0.29) is 6.09 Å². The molecule has 4 nitrogen and oxygen atoms in total. The maximum absolute atomic E-state index is 11.8. The molecule has 0 radical (unpaired) electrons. The maximum Gasteiger partial charge on any atom is 0.410 e. The summed E-state index contributed by atoms with van der Waals surface area (Å²) in [7, 11) is 1.72. The molecule has 0 aliphatic rings. The first kappa shape index (κ1) is 18.3. The molecule has 1 aromatic rings. The van der Waals surface area contributed by atoms with Crippen LogP contribution in [0.4, 0.5) is 4.79 Å². The van der Waals surface area contributed by atoms with E-state index >= 15 is 0 Å². The number of rotatable bonds is 6. The molecule has 1 aromatic carbocycles. The third kappa shape index (κ3) is 5.96. The van der Waals surface area contributed by atoms with Gasteiger partial charge in [0.05, 0.1) is 6.54 Å². The van der Waals surface area contributed by atoms with E-state index in [0.717, 1.165) is 18.6 Å². The zero-order valence-electron chi connectivity index (χ0n) is 14.7. The number of carbonyl (C=O) groups excluding carboxylic acids is 1. The second kappa shape index (κ2) is 8.06. The highest BCUT2D eigenvalue weighted by Gasteiger charge is 2.19. The Kier molecular flexibility index (Phi) is 6.72. The molecule has 0 bridgehead atoms. The summed E-state index contributed by atoms with van der Waals surface area (Å²) in [6.07, 6.45) is 1.70. The van der Waals surface area contributed by atoms with Gasteiger partial charge >= 0.3 is 6.09 Å². The van der Waals surface area contributed by atoms with Crippen molar-refractivity contribution in [2.24, 2.45) is 0 Å². The lowest BCUT2D eigenvalue weighted by atomic mass is 10.0. The van der Waals surface area contributed by atoms with Crippen LogP contribution in [0.15, 0.2) is 18.2 Å². The van der Waals surface area contributed by atoms with Crippen LogP contribution in [0.25, 0.3) is 0 Å². The Morgan fingerprint density at radius 2 is 1.77 bits per heavy atom. The molecule has 4 heteroatoms. The molecule has 0 saturated heterocycles. The van der Waals surface area contributed by atoms with Crippen molar-refractivity contribution in [3.8, 4) is 5.75 Å². The molecule has 0 saturated carbocycles. The summed E-state index contributed by atoms with van der Waals surface area (Å²) < 4.78 is 11.0. The Balaban J connectivity index is 2.48. The van der Waals surface area contributed by atoms with E-state index < -0.39 is 5.60 Å². The normalized spacial score (nSPS) is 11.2. The molecule has 124 valence electrons. The van der Waals surface area contributed by atoms with Crippen LogP contribution in [0.5, 0.6) is 5.75 Å². The highest BCUT2D eigenvalue weighted by molar-refractivity contribution is 5.67. The van der Waals surface area contributed by atoms with Gasteiger partial charge in [-0.05, 0) is 56.9 Å². The first-order chi connectivity index (χ1) is 10.3. The number of ether oxygens (including phenoxy) is 2. The van der Waals surface area contributed by atoms with Crippen molar-refractivity contribution < 1.29 is 14.3 Å². The summed E-state index contributed by atoms with van der Waals surface area (Å²) in [5.41, 5.74) is 2.21. The summed E-state index contributed by atoms with van der Waals surface area (Å²) in [6.45, 7) is 10.8. The van der Waals surface area contributed by atoms with Crippen LogP contribution >= 0.6 is 0 Å². The summed E-state index contributed by atoms with van der Waals surface area (Å²) >= 11 is 0. The van der Waals surface area contributed by atoms with Crippen molar-refractivity contribution in [2.75, 3.05) is 20.2 Å².